The van der Waals surface area contributed by atoms with E-state index in [-0.39, 0.29) is 17.3 Å². The fourth-order valence-corrected chi connectivity index (χ4v) is 4.24. The molecule has 1 aromatic carbocycles. The van der Waals surface area contributed by atoms with Crippen LogP contribution in [0.2, 0.25) is 0 Å². The number of aryl methyl sites for hydroxylation is 1. The minimum Gasteiger partial charge on any atom is -0.378 e. The highest BCUT2D eigenvalue weighted by molar-refractivity contribution is 5.94. The smallest absolute Gasteiger partial charge is 0.293 e. The van der Waals surface area contributed by atoms with Gasteiger partial charge in [-0.25, -0.2) is 10.1 Å². The molecule has 0 atom stereocenters. The molecule has 0 aliphatic heterocycles. The molecule has 0 spiro atoms. The molecule has 4 rings (SSSR count). The summed E-state index contributed by atoms with van der Waals surface area (Å²) >= 11 is 0. The fourth-order valence-electron chi connectivity index (χ4n) is 4.24. The highest BCUT2D eigenvalue weighted by atomic mass is 16.6. The summed E-state index contributed by atoms with van der Waals surface area (Å²) in [7, 11) is 2.05. The van der Waals surface area contributed by atoms with Gasteiger partial charge in [-0.1, -0.05) is 54.8 Å². The van der Waals surface area contributed by atoms with Crippen molar-refractivity contribution in [1.82, 2.24) is 35.6 Å². The summed E-state index contributed by atoms with van der Waals surface area (Å²) in [6.45, 7) is 2.34. The van der Waals surface area contributed by atoms with E-state index in [9.17, 15) is 4.79 Å². The number of hydrogen-bond acceptors (Lipinski definition) is 9. The molecule has 1 aliphatic rings. The molecule has 2 heterocycles. The number of carbonyl (C=O) groups excluding carboxylic acids is 1. The molecule has 3 N–H and O–H groups in total. The van der Waals surface area contributed by atoms with Gasteiger partial charge in [0, 0.05) is 18.3 Å². The second-order valence-electron chi connectivity index (χ2n) is 8.75. The molecule has 1 fully saturated rings. The van der Waals surface area contributed by atoms with Crippen LogP contribution in [0.1, 0.15) is 67.2 Å². The maximum Gasteiger partial charge on any atom is 0.293 e. The normalized spacial score (nSPS) is 15.1. The quantitative estimate of drug-likeness (QED) is 0.363. The van der Waals surface area contributed by atoms with Crippen molar-refractivity contribution in [1.29, 1.82) is 0 Å². The number of rotatable bonds is 9. The van der Waals surface area contributed by atoms with Crippen molar-refractivity contribution in [2.24, 2.45) is 5.10 Å². The lowest BCUT2D eigenvalue weighted by Crippen LogP contribution is -2.34. The van der Waals surface area contributed by atoms with Crippen LogP contribution in [0.5, 0.6) is 0 Å². The number of nitrogens with zero attached hydrogens (tertiary/aromatic N) is 7. The largest absolute Gasteiger partial charge is 0.378 e. The van der Waals surface area contributed by atoms with Gasteiger partial charge in [-0.05, 0) is 55.5 Å². The number of amides is 1. The first-order chi connectivity index (χ1) is 16.5. The first-order valence-electron chi connectivity index (χ1n) is 11.6. The molecule has 180 valence electrons. The standard InChI is InChI=1S/C23H31N9O2/c1-16(13-14-17-9-5-3-6-10-17)25-27-23(33)20-19(15-31(2)18-11-7-4-8-12-18)32(30-26-20)22-21(24)28-34-29-22/h3,5-6,9-10,18H,4,7-8,11-15H2,1-2H3,(H2,24,28)(H,27,33)/b25-16+. The van der Waals surface area contributed by atoms with Crippen molar-refractivity contribution in [3.63, 3.8) is 0 Å². The number of nitrogen functional groups attached to an aromatic ring is 1. The predicted octanol–water partition coefficient (Wildman–Crippen LogP) is 2.74. The van der Waals surface area contributed by atoms with Gasteiger partial charge in [0.25, 0.3) is 5.91 Å². The molecule has 1 aliphatic carbocycles. The number of nitrogens with one attached hydrogen (secondary N) is 1. The van der Waals surface area contributed by atoms with E-state index in [0.29, 0.717) is 18.3 Å². The van der Waals surface area contributed by atoms with Gasteiger partial charge in [-0.15, -0.1) is 5.10 Å². The van der Waals surface area contributed by atoms with E-state index >= 15 is 0 Å². The van der Waals surface area contributed by atoms with E-state index in [1.807, 2.05) is 32.2 Å². The van der Waals surface area contributed by atoms with Gasteiger partial charge in [0.15, 0.2) is 5.69 Å². The van der Waals surface area contributed by atoms with Crippen LogP contribution in [0.15, 0.2) is 40.1 Å². The number of hydrogen-bond donors (Lipinski definition) is 2. The molecule has 3 aromatic rings. The van der Waals surface area contributed by atoms with Crippen LogP contribution in [-0.4, -0.2) is 54.9 Å². The molecule has 0 bridgehead atoms. The maximum absolute atomic E-state index is 13.0. The van der Waals surface area contributed by atoms with Crippen molar-refractivity contribution >= 4 is 17.4 Å². The molecule has 0 saturated heterocycles. The summed E-state index contributed by atoms with van der Waals surface area (Å²) in [4.78, 5) is 15.3. The zero-order chi connectivity index (χ0) is 23.9. The van der Waals surface area contributed by atoms with E-state index in [1.54, 1.807) is 0 Å². The van der Waals surface area contributed by atoms with Crippen LogP contribution in [0.25, 0.3) is 5.82 Å². The summed E-state index contributed by atoms with van der Waals surface area (Å²) in [5.74, 6) is -0.151. The molecule has 0 unspecified atom stereocenters. The topological polar surface area (TPSA) is 140 Å². The average molecular weight is 466 g/mol. The SMILES string of the molecule is C/C(CCc1ccccc1)=N\NC(=O)c1nnn(-c2nonc2N)c1CN(C)C1CCCCC1. The number of carbonyl (C=O) groups is 1. The number of nitrogens with two attached hydrogens (primary N) is 1. The van der Waals surface area contributed by atoms with E-state index in [4.69, 9.17) is 10.4 Å². The summed E-state index contributed by atoms with van der Waals surface area (Å²) in [5, 5.41) is 20.0. The first kappa shape index (κ1) is 23.6. The van der Waals surface area contributed by atoms with Crippen LogP contribution in [0, 0.1) is 0 Å². The molecular formula is C23H31N9O2. The lowest BCUT2D eigenvalue weighted by molar-refractivity contribution is 0.0946. The van der Waals surface area contributed by atoms with E-state index < -0.39 is 5.91 Å². The van der Waals surface area contributed by atoms with E-state index in [2.05, 4.69) is 48.2 Å². The van der Waals surface area contributed by atoms with E-state index in [0.717, 1.165) is 31.4 Å². The molecule has 1 amide bonds. The van der Waals surface area contributed by atoms with Crippen molar-refractivity contribution in [3.8, 4) is 5.82 Å². The number of hydrazone groups is 1. The van der Waals surface area contributed by atoms with Gasteiger partial charge in [0.1, 0.15) is 0 Å². The molecule has 2 aromatic heterocycles. The predicted molar refractivity (Wildman–Crippen MR) is 127 cm³/mol. The monoisotopic (exact) mass is 465 g/mol. The molecule has 0 radical (unpaired) electrons. The Kier molecular flexibility index (Phi) is 7.63. The zero-order valence-corrected chi connectivity index (χ0v) is 19.6. The molecular weight excluding hydrogens is 434 g/mol. The first-order valence-corrected chi connectivity index (χ1v) is 11.6. The minimum absolute atomic E-state index is 0.0770. The molecule has 34 heavy (non-hydrogen) atoms. The van der Waals surface area contributed by atoms with Crippen molar-refractivity contribution in [2.45, 2.75) is 64.5 Å². The average Bonchev–Trinajstić information content (AvgIpc) is 3.48. The van der Waals surface area contributed by atoms with Crippen LogP contribution in [0.3, 0.4) is 0 Å². The lowest BCUT2D eigenvalue weighted by Gasteiger charge is -2.31. The summed E-state index contributed by atoms with van der Waals surface area (Å²) in [6, 6.07) is 10.6. The van der Waals surface area contributed by atoms with Gasteiger partial charge < -0.3 is 5.73 Å². The van der Waals surface area contributed by atoms with Gasteiger partial charge >= 0.3 is 0 Å². The minimum atomic E-state index is -0.438. The Morgan fingerprint density at radius 1 is 1.24 bits per heavy atom. The summed E-state index contributed by atoms with van der Waals surface area (Å²) < 4.78 is 6.16. The Morgan fingerprint density at radius 2 is 2.00 bits per heavy atom. The van der Waals surface area contributed by atoms with Gasteiger partial charge in [-0.2, -0.15) is 9.78 Å². The zero-order valence-electron chi connectivity index (χ0n) is 19.6. The Bertz CT molecular complexity index is 1120. The number of benzene rings is 1. The van der Waals surface area contributed by atoms with Gasteiger partial charge in [-0.3, -0.25) is 9.69 Å². The Morgan fingerprint density at radius 3 is 2.71 bits per heavy atom. The van der Waals surface area contributed by atoms with Crippen LogP contribution in [-0.2, 0) is 13.0 Å². The molecule has 11 nitrogen and oxygen atoms in total. The number of aromatic nitrogens is 5. The van der Waals surface area contributed by atoms with Crippen LogP contribution < -0.4 is 11.2 Å². The van der Waals surface area contributed by atoms with Crippen molar-refractivity contribution in [2.75, 3.05) is 12.8 Å². The third-order valence-electron chi connectivity index (χ3n) is 6.24. The Labute approximate surface area is 198 Å². The Hall–Kier alpha value is -3.60. The highest BCUT2D eigenvalue weighted by Gasteiger charge is 2.27. The van der Waals surface area contributed by atoms with Crippen molar-refractivity contribution in [3.05, 3.63) is 47.3 Å². The van der Waals surface area contributed by atoms with Gasteiger partial charge in [0.2, 0.25) is 11.6 Å². The van der Waals surface area contributed by atoms with E-state index in [1.165, 1.54) is 29.5 Å². The van der Waals surface area contributed by atoms with Crippen molar-refractivity contribution < 1.29 is 9.42 Å². The van der Waals surface area contributed by atoms with Crippen LogP contribution >= 0.6 is 0 Å². The van der Waals surface area contributed by atoms with Gasteiger partial charge in [0.05, 0.1) is 5.69 Å². The maximum atomic E-state index is 13.0. The van der Waals surface area contributed by atoms with Crippen LogP contribution in [0.4, 0.5) is 5.82 Å². The lowest BCUT2D eigenvalue weighted by atomic mass is 9.94. The summed E-state index contributed by atoms with van der Waals surface area (Å²) in [5.41, 5.74) is 11.3. The fraction of sp³-hybridized carbons (Fsp3) is 0.478. The molecule has 11 heteroatoms. The second-order valence-corrected chi connectivity index (χ2v) is 8.75. The third kappa shape index (κ3) is 5.66. The second kappa shape index (κ2) is 11.0. The summed E-state index contributed by atoms with van der Waals surface area (Å²) in [6.07, 6.45) is 7.50. The third-order valence-corrected chi connectivity index (χ3v) is 6.24. The Balaban J connectivity index is 1.50. The molecule has 1 saturated carbocycles. The number of anilines is 1. The highest BCUT2D eigenvalue weighted by Crippen LogP contribution is 2.24.